The van der Waals surface area contributed by atoms with E-state index in [0.717, 1.165) is 59.8 Å². The van der Waals surface area contributed by atoms with Crippen LogP contribution >= 0.6 is 0 Å². The number of aliphatic imine (C=N–C) groups is 1. The average Bonchev–Trinajstić information content (AvgIpc) is 3.66. The molecule has 188 valence electrons. The van der Waals surface area contributed by atoms with E-state index in [1.165, 1.54) is 18.5 Å². The topological polar surface area (TPSA) is 62.5 Å². The molecule has 3 aromatic carbocycles. The number of hydrogen-bond donors (Lipinski definition) is 1. The van der Waals surface area contributed by atoms with Gasteiger partial charge in [-0.3, -0.25) is 9.79 Å². The lowest BCUT2D eigenvalue weighted by Crippen LogP contribution is -2.18. The summed E-state index contributed by atoms with van der Waals surface area (Å²) in [5.74, 6) is -0.115. The van der Waals surface area contributed by atoms with E-state index in [1.807, 2.05) is 60.2 Å². The molecule has 37 heavy (non-hydrogen) atoms. The van der Waals surface area contributed by atoms with Crippen LogP contribution in [0.15, 0.2) is 90.4 Å². The molecule has 1 saturated heterocycles. The van der Waals surface area contributed by atoms with Gasteiger partial charge in [-0.05, 0) is 85.8 Å². The number of aryl methyl sites for hydroxylation is 1. The van der Waals surface area contributed by atoms with Gasteiger partial charge in [0.25, 0.3) is 5.91 Å². The Hall–Kier alpha value is -4.19. The number of carbonyl (C=O) groups excluding carboxylic acids is 1. The second-order valence-electron chi connectivity index (χ2n) is 9.52. The lowest BCUT2D eigenvalue weighted by Gasteiger charge is -2.17. The van der Waals surface area contributed by atoms with Crippen LogP contribution < -0.4 is 10.2 Å². The largest absolute Gasteiger partial charge is 0.372 e. The van der Waals surface area contributed by atoms with Crippen molar-refractivity contribution >= 4 is 28.7 Å². The summed E-state index contributed by atoms with van der Waals surface area (Å²) >= 11 is 0. The van der Waals surface area contributed by atoms with Gasteiger partial charge in [0.05, 0.1) is 12.0 Å². The monoisotopic (exact) mass is 491 g/mol. The second-order valence-corrected chi connectivity index (χ2v) is 9.52. The van der Waals surface area contributed by atoms with Crippen molar-refractivity contribution in [2.24, 2.45) is 4.99 Å². The maximum absolute atomic E-state index is 13.0. The van der Waals surface area contributed by atoms with Crippen LogP contribution in [0.3, 0.4) is 0 Å². The fourth-order valence-electron chi connectivity index (χ4n) is 4.69. The van der Waals surface area contributed by atoms with E-state index in [0.29, 0.717) is 5.56 Å². The molecule has 4 aromatic rings. The van der Waals surface area contributed by atoms with Gasteiger partial charge in [-0.2, -0.15) is 0 Å². The fourth-order valence-corrected chi connectivity index (χ4v) is 4.69. The standard InChI is InChI=1S/C31H33N5O/c1-3-6-29(24-8-13-28(14-9-24)36-20-17-32-22-36)34-30-21-26(12-7-23(30)2)33-31(37)25-10-15-27(16-11-25)35-18-4-5-19-35/h7-17,20-22H,3-6,18-19H2,1-2H3,(H,33,37). The molecular formula is C31H33N5O. The van der Waals surface area contributed by atoms with Crippen LogP contribution in [0.4, 0.5) is 17.1 Å². The highest BCUT2D eigenvalue weighted by Crippen LogP contribution is 2.26. The highest BCUT2D eigenvalue weighted by atomic mass is 16.1. The average molecular weight is 492 g/mol. The minimum atomic E-state index is -0.115. The van der Waals surface area contributed by atoms with Gasteiger partial charge < -0.3 is 14.8 Å². The third kappa shape index (κ3) is 5.80. The number of imidazole rings is 1. The molecule has 5 rings (SSSR count). The maximum Gasteiger partial charge on any atom is 0.255 e. The van der Waals surface area contributed by atoms with Gasteiger partial charge in [-0.1, -0.05) is 31.5 Å². The number of aromatic nitrogens is 2. The highest BCUT2D eigenvalue weighted by molar-refractivity contribution is 6.05. The van der Waals surface area contributed by atoms with Gasteiger partial charge in [0.1, 0.15) is 0 Å². The van der Waals surface area contributed by atoms with Crippen LogP contribution in [-0.4, -0.2) is 34.3 Å². The van der Waals surface area contributed by atoms with Crippen molar-refractivity contribution < 1.29 is 4.79 Å². The van der Waals surface area contributed by atoms with Crippen LogP contribution in [0.2, 0.25) is 0 Å². The molecule has 2 heterocycles. The molecule has 1 aromatic heterocycles. The van der Waals surface area contributed by atoms with Gasteiger partial charge >= 0.3 is 0 Å². The number of rotatable bonds is 8. The Kier molecular flexibility index (Phi) is 7.45. The summed E-state index contributed by atoms with van der Waals surface area (Å²) < 4.78 is 1.98. The van der Waals surface area contributed by atoms with Crippen LogP contribution in [0.25, 0.3) is 5.69 Å². The van der Waals surface area contributed by atoms with Gasteiger partial charge in [0.2, 0.25) is 0 Å². The van der Waals surface area contributed by atoms with Crippen LogP contribution in [-0.2, 0) is 0 Å². The molecule has 0 unspecified atom stereocenters. The SMILES string of the molecule is CCCC(=Nc1cc(NC(=O)c2ccc(N3CCCC3)cc2)ccc1C)c1ccc(-n2ccnc2)cc1. The maximum atomic E-state index is 13.0. The Bertz CT molecular complexity index is 1370. The molecule has 0 aliphatic carbocycles. The van der Waals surface area contributed by atoms with E-state index in [-0.39, 0.29) is 5.91 Å². The molecule has 1 amide bonds. The molecular weight excluding hydrogens is 458 g/mol. The van der Waals surface area contributed by atoms with Gasteiger partial charge in [-0.25, -0.2) is 4.98 Å². The Morgan fingerprint density at radius 2 is 1.65 bits per heavy atom. The number of hydrogen-bond acceptors (Lipinski definition) is 4. The molecule has 1 aliphatic rings. The Morgan fingerprint density at radius 1 is 0.946 bits per heavy atom. The first-order valence-corrected chi connectivity index (χ1v) is 13.0. The Morgan fingerprint density at radius 3 is 2.32 bits per heavy atom. The number of nitrogens with zero attached hydrogens (tertiary/aromatic N) is 4. The minimum absolute atomic E-state index is 0.115. The molecule has 1 aliphatic heterocycles. The van der Waals surface area contributed by atoms with Gasteiger partial charge in [-0.15, -0.1) is 0 Å². The van der Waals surface area contributed by atoms with Crippen LogP contribution in [0.1, 0.15) is 54.1 Å². The smallest absolute Gasteiger partial charge is 0.255 e. The highest BCUT2D eigenvalue weighted by Gasteiger charge is 2.14. The lowest BCUT2D eigenvalue weighted by molar-refractivity contribution is 0.102. The zero-order valence-corrected chi connectivity index (χ0v) is 21.5. The number of benzene rings is 3. The van der Waals surface area contributed by atoms with Crippen molar-refractivity contribution in [1.29, 1.82) is 0 Å². The van der Waals surface area contributed by atoms with Crippen molar-refractivity contribution in [3.63, 3.8) is 0 Å². The molecule has 1 fully saturated rings. The van der Waals surface area contributed by atoms with E-state index in [1.54, 1.807) is 12.5 Å². The molecule has 0 radical (unpaired) electrons. The molecule has 6 nitrogen and oxygen atoms in total. The zero-order chi connectivity index (χ0) is 25.6. The summed E-state index contributed by atoms with van der Waals surface area (Å²) in [7, 11) is 0. The van der Waals surface area contributed by atoms with Crippen LogP contribution in [0.5, 0.6) is 0 Å². The Labute approximate surface area is 218 Å². The summed E-state index contributed by atoms with van der Waals surface area (Å²) in [4.78, 5) is 24.5. The number of anilines is 2. The van der Waals surface area contributed by atoms with E-state index in [9.17, 15) is 4.79 Å². The summed E-state index contributed by atoms with van der Waals surface area (Å²) in [6.45, 7) is 6.39. The molecule has 0 bridgehead atoms. The number of nitrogens with one attached hydrogen (secondary N) is 1. The molecule has 6 heteroatoms. The van der Waals surface area contributed by atoms with E-state index >= 15 is 0 Å². The molecule has 0 spiro atoms. The van der Waals surface area contributed by atoms with E-state index in [2.05, 4.69) is 46.4 Å². The van der Waals surface area contributed by atoms with Crippen molar-refractivity contribution in [2.45, 2.75) is 39.5 Å². The second kappa shape index (κ2) is 11.2. The molecule has 0 atom stereocenters. The fraction of sp³-hybridized carbons (Fsp3) is 0.258. The minimum Gasteiger partial charge on any atom is -0.372 e. The normalized spacial score (nSPS) is 13.7. The zero-order valence-electron chi connectivity index (χ0n) is 21.5. The van der Waals surface area contributed by atoms with Crippen molar-refractivity contribution in [1.82, 2.24) is 9.55 Å². The first-order valence-electron chi connectivity index (χ1n) is 13.0. The predicted molar refractivity (Wildman–Crippen MR) is 152 cm³/mol. The lowest BCUT2D eigenvalue weighted by atomic mass is 10.0. The number of amides is 1. The van der Waals surface area contributed by atoms with Crippen molar-refractivity contribution in [3.8, 4) is 5.69 Å². The summed E-state index contributed by atoms with van der Waals surface area (Å²) in [5, 5.41) is 3.05. The summed E-state index contributed by atoms with van der Waals surface area (Å²) in [6.07, 6.45) is 9.82. The quantitative estimate of drug-likeness (QED) is 0.271. The predicted octanol–water partition coefficient (Wildman–Crippen LogP) is 6.95. The Balaban J connectivity index is 1.34. The number of carbonyl (C=O) groups is 1. The van der Waals surface area contributed by atoms with E-state index in [4.69, 9.17) is 4.99 Å². The van der Waals surface area contributed by atoms with E-state index < -0.39 is 0 Å². The third-order valence-electron chi connectivity index (χ3n) is 6.81. The first-order chi connectivity index (χ1) is 18.1. The first kappa shape index (κ1) is 24.5. The van der Waals surface area contributed by atoms with Crippen molar-refractivity contribution in [2.75, 3.05) is 23.3 Å². The molecule has 0 saturated carbocycles. The van der Waals surface area contributed by atoms with Crippen LogP contribution in [0, 0.1) is 6.92 Å². The summed E-state index contributed by atoms with van der Waals surface area (Å²) in [6, 6.07) is 22.2. The molecule has 1 N–H and O–H groups in total. The van der Waals surface area contributed by atoms with Gasteiger partial charge in [0, 0.05) is 53.8 Å². The summed E-state index contributed by atoms with van der Waals surface area (Å²) in [5.41, 5.74) is 7.69. The third-order valence-corrected chi connectivity index (χ3v) is 6.81. The van der Waals surface area contributed by atoms with Gasteiger partial charge in [0.15, 0.2) is 0 Å². The van der Waals surface area contributed by atoms with Crippen molar-refractivity contribution in [3.05, 3.63) is 102 Å².